The van der Waals surface area contributed by atoms with E-state index in [4.69, 9.17) is 10.5 Å². The molecule has 0 saturated carbocycles. The van der Waals surface area contributed by atoms with Crippen molar-refractivity contribution in [3.63, 3.8) is 0 Å². The van der Waals surface area contributed by atoms with Crippen LogP contribution in [0.25, 0.3) is 5.52 Å². The SMILES string of the molecule is CN(C)C(=O)c1cc(Oc2ccc(N)cc2F)c2ccnn2c1. The van der Waals surface area contributed by atoms with Crippen LogP contribution in [-0.2, 0) is 0 Å². The van der Waals surface area contributed by atoms with Gasteiger partial charge in [-0.15, -0.1) is 0 Å². The summed E-state index contributed by atoms with van der Waals surface area (Å²) >= 11 is 0. The monoisotopic (exact) mass is 314 g/mol. The van der Waals surface area contributed by atoms with Crippen LogP contribution in [-0.4, -0.2) is 34.5 Å². The summed E-state index contributed by atoms with van der Waals surface area (Å²) in [5, 5.41) is 4.11. The van der Waals surface area contributed by atoms with Crippen molar-refractivity contribution in [2.45, 2.75) is 0 Å². The number of nitrogen functional groups attached to an aromatic ring is 1. The molecule has 7 heteroatoms. The maximum Gasteiger partial charge on any atom is 0.255 e. The number of carbonyl (C=O) groups is 1. The van der Waals surface area contributed by atoms with E-state index in [1.165, 1.54) is 21.5 Å². The van der Waals surface area contributed by atoms with Crippen LogP contribution < -0.4 is 10.5 Å². The van der Waals surface area contributed by atoms with E-state index in [1.54, 1.807) is 44.7 Å². The molecule has 1 aromatic carbocycles. The lowest BCUT2D eigenvalue weighted by Crippen LogP contribution is -2.22. The molecule has 3 aromatic rings. The van der Waals surface area contributed by atoms with Gasteiger partial charge in [-0.3, -0.25) is 4.79 Å². The molecular formula is C16H15FN4O2. The van der Waals surface area contributed by atoms with Crippen LogP contribution in [0, 0.1) is 5.82 Å². The molecule has 0 aliphatic carbocycles. The molecule has 0 aliphatic rings. The number of nitrogens with two attached hydrogens (primary N) is 1. The lowest BCUT2D eigenvalue weighted by atomic mass is 10.2. The predicted molar refractivity (Wildman–Crippen MR) is 84.1 cm³/mol. The van der Waals surface area contributed by atoms with Gasteiger partial charge in [0.15, 0.2) is 17.3 Å². The molecule has 118 valence electrons. The highest BCUT2D eigenvalue weighted by Gasteiger charge is 2.15. The second-order valence-corrected chi connectivity index (χ2v) is 5.25. The van der Waals surface area contributed by atoms with Gasteiger partial charge in [0, 0.05) is 32.0 Å². The highest BCUT2D eigenvalue weighted by Crippen LogP contribution is 2.30. The van der Waals surface area contributed by atoms with Crippen LogP contribution in [0.5, 0.6) is 11.5 Å². The summed E-state index contributed by atoms with van der Waals surface area (Å²) in [6.07, 6.45) is 3.18. The molecule has 0 aliphatic heterocycles. The molecule has 0 saturated heterocycles. The van der Waals surface area contributed by atoms with E-state index in [0.29, 0.717) is 22.5 Å². The molecule has 0 fully saturated rings. The largest absolute Gasteiger partial charge is 0.452 e. The van der Waals surface area contributed by atoms with E-state index >= 15 is 0 Å². The normalized spacial score (nSPS) is 10.7. The first-order valence-corrected chi connectivity index (χ1v) is 6.87. The molecule has 23 heavy (non-hydrogen) atoms. The van der Waals surface area contributed by atoms with E-state index in [1.807, 2.05) is 0 Å². The molecule has 0 radical (unpaired) electrons. The number of anilines is 1. The minimum atomic E-state index is -0.577. The first-order valence-electron chi connectivity index (χ1n) is 6.87. The van der Waals surface area contributed by atoms with E-state index in [2.05, 4.69) is 5.10 Å². The van der Waals surface area contributed by atoms with Gasteiger partial charge in [0.05, 0.1) is 11.8 Å². The van der Waals surface area contributed by atoms with Crippen LogP contribution in [0.3, 0.4) is 0 Å². The predicted octanol–water partition coefficient (Wildman–Crippen LogP) is 2.55. The third-order valence-electron chi connectivity index (χ3n) is 3.30. The summed E-state index contributed by atoms with van der Waals surface area (Å²) in [6, 6.07) is 7.44. The Morgan fingerprint density at radius 3 is 2.74 bits per heavy atom. The molecular weight excluding hydrogens is 299 g/mol. The van der Waals surface area contributed by atoms with Gasteiger partial charge in [-0.05, 0) is 24.3 Å². The van der Waals surface area contributed by atoms with Crippen LogP contribution in [0.1, 0.15) is 10.4 Å². The van der Waals surface area contributed by atoms with Gasteiger partial charge in [0.2, 0.25) is 0 Å². The van der Waals surface area contributed by atoms with Gasteiger partial charge in [0.1, 0.15) is 5.52 Å². The van der Waals surface area contributed by atoms with Crippen LogP contribution >= 0.6 is 0 Å². The minimum Gasteiger partial charge on any atom is -0.452 e. The van der Waals surface area contributed by atoms with Gasteiger partial charge in [-0.2, -0.15) is 5.10 Å². The van der Waals surface area contributed by atoms with E-state index in [-0.39, 0.29) is 11.7 Å². The number of nitrogens with zero attached hydrogens (tertiary/aromatic N) is 3. The van der Waals surface area contributed by atoms with Crippen molar-refractivity contribution in [3.05, 3.63) is 54.1 Å². The number of fused-ring (bicyclic) bond motifs is 1. The Kier molecular flexibility index (Phi) is 3.61. The van der Waals surface area contributed by atoms with Crippen molar-refractivity contribution in [1.29, 1.82) is 0 Å². The van der Waals surface area contributed by atoms with Gasteiger partial charge < -0.3 is 15.4 Å². The van der Waals surface area contributed by atoms with Gasteiger partial charge in [0.25, 0.3) is 5.91 Å². The van der Waals surface area contributed by atoms with Crippen molar-refractivity contribution >= 4 is 17.1 Å². The lowest BCUT2D eigenvalue weighted by molar-refractivity contribution is 0.0826. The first kappa shape index (κ1) is 14.8. The molecule has 1 amide bonds. The summed E-state index contributed by atoms with van der Waals surface area (Å²) < 4.78 is 21.1. The topological polar surface area (TPSA) is 72.9 Å². The Morgan fingerprint density at radius 1 is 1.26 bits per heavy atom. The Morgan fingerprint density at radius 2 is 2.04 bits per heavy atom. The Hall–Kier alpha value is -3.09. The second kappa shape index (κ2) is 5.60. The van der Waals surface area contributed by atoms with Crippen LogP contribution in [0.15, 0.2) is 42.7 Å². The highest BCUT2D eigenvalue weighted by molar-refractivity contribution is 5.94. The molecule has 3 rings (SSSR count). The molecule has 2 aromatic heterocycles. The summed E-state index contributed by atoms with van der Waals surface area (Å²) in [5.74, 6) is -0.423. The number of hydrogen-bond acceptors (Lipinski definition) is 4. The number of halogens is 1. The number of rotatable bonds is 3. The zero-order chi connectivity index (χ0) is 16.6. The number of ether oxygens (including phenoxy) is 1. The summed E-state index contributed by atoms with van der Waals surface area (Å²) in [5.41, 5.74) is 6.85. The van der Waals surface area contributed by atoms with E-state index < -0.39 is 5.82 Å². The second-order valence-electron chi connectivity index (χ2n) is 5.25. The molecule has 0 atom stereocenters. The molecule has 0 bridgehead atoms. The Labute approximate surface area is 131 Å². The Bertz CT molecular complexity index is 889. The van der Waals surface area contributed by atoms with Gasteiger partial charge in [-0.25, -0.2) is 8.91 Å². The molecule has 2 heterocycles. The van der Waals surface area contributed by atoms with E-state index in [9.17, 15) is 9.18 Å². The lowest BCUT2D eigenvalue weighted by Gasteiger charge is -2.13. The van der Waals surface area contributed by atoms with E-state index in [0.717, 1.165) is 0 Å². The fourth-order valence-corrected chi connectivity index (χ4v) is 2.17. The number of amides is 1. The number of benzene rings is 1. The summed E-state index contributed by atoms with van der Waals surface area (Å²) in [6.45, 7) is 0. The molecule has 0 unspecified atom stereocenters. The fourth-order valence-electron chi connectivity index (χ4n) is 2.17. The number of carbonyl (C=O) groups excluding carboxylic acids is 1. The van der Waals surface area contributed by atoms with Crippen molar-refractivity contribution in [2.75, 3.05) is 19.8 Å². The quantitative estimate of drug-likeness (QED) is 0.754. The first-order chi connectivity index (χ1) is 11.0. The third kappa shape index (κ3) is 2.80. The van der Waals surface area contributed by atoms with Crippen molar-refractivity contribution in [1.82, 2.24) is 14.5 Å². The highest BCUT2D eigenvalue weighted by atomic mass is 19.1. The van der Waals surface area contributed by atoms with Crippen molar-refractivity contribution < 1.29 is 13.9 Å². The Balaban J connectivity index is 2.08. The molecule has 0 spiro atoms. The van der Waals surface area contributed by atoms with Gasteiger partial charge >= 0.3 is 0 Å². The maximum absolute atomic E-state index is 13.9. The zero-order valence-corrected chi connectivity index (χ0v) is 12.7. The number of aromatic nitrogens is 2. The number of pyridine rings is 1. The maximum atomic E-state index is 13.9. The number of hydrogen-bond donors (Lipinski definition) is 1. The average molecular weight is 314 g/mol. The minimum absolute atomic E-state index is 0.0248. The van der Waals surface area contributed by atoms with Crippen molar-refractivity contribution in [2.24, 2.45) is 0 Å². The van der Waals surface area contributed by atoms with Crippen LogP contribution in [0.2, 0.25) is 0 Å². The molecule has 2 N–H and O–H groups in total. The van der Waals surface area contributed by atoms with Crippen LogP contribution in [0.4, 0.5) is 10.1 Å². The molecule has 6 nitrogen and oxygen atoms in total. The summed E-state index contributed by atoms with van der Waals surface area (Å²) in [4.78, 5) is 13.6. The zero-order valence-electron chi connectivity index (χ0n) is 12.7. The van der Waals surface area contributed by atoms with Crippen molar-refractivity contribution in [3.8, 4) is 11.5 Å². The van der Waals surface area contributed by atoms with Gasteiger partial charge in [-0.1, -0.05) is 0 Å². The smallest absolute Gasteiger partial charge is 0.255 e. The third-order valence-corrected chi connectivity index (χ3v) is 3.30. The fraction of sp³-hybridized carbons (Fsp3) is 0.125. The summed E-state index contributed by atoms with van der Waals surface area (Å²) in [7, 11) is 3.30. The average Bonchev–Trinajstić information content (AvgIpc) is 2.97. The standard InChI is InChI=1S/C16H15FN4O2/c1-20(2)16(22)10-7-15(13-5-6-19-21(13)9-10)23-14-4-3-11(18)8-12(14)17/h3-9H,18H2,1-2H3.